The van der Waals surface area contributed by atoms with Gasteiger partial charge in [0.05, 0.1) is 7.11 Å². The van der Waals surface area contributed by atoms with Gasteiger partial charge in [-0.3, -0.25) is 19.4 Å². The molecule has 2 heterocycles. The molecule has 3 amide bonds. The zero-order valence-corrected chi connectivity index (χ0v) is 18.6. The molecule has 0 aromatic heterocycles. The number of para-hydroxylation sites is 1. The van der Waals surface area contributed by atoms with Gasteiger partial charge in [-0.15, -0.1) is 0 Å². The summed E-state index contributed by atoms with van der Waals surface area (Å²) < 4.78 is 11.1. The third-order valence-corrected chi connectivity index (χ3v) is 5.67. The molecule has 2 aliphatic rings. The molecule has 170 valence electrons. The lowest BCUT2D eigenvalue weighted by molar-refractivity contribution is -0.148. The molecular weight excluding hydrogens is 400 g/mol. The van der Waals surface area contributed by atoms with E-state index in [0.29, 0.717) is 37.3 Å². The Morgan fingerprint density at radius 2 is 1.65 bits per heavy atom. The van der Waals surface area contributed by atoms with Crippen molar-refractivity contribution in [2.75, 3.05) is 65.4 Å². The van der Waals surface area contributed by atoms with Gasteiger partial charge in [-0.25, -0.2) is 4.79 Å². The van der Waals surface area contributed by atoms with Gasteiger partial charge < -0.3 is 19.3 Å². The first-order valence-corrected chi connectivity index (χ1v) is 10.8. The first-order chi connectivity index (χ1) is 14.9. The fourth-order valence-electron chi connectivity index (χ4n) is 3.94. The van der Waals surface area contributed by atoms with Gasteiger partial charge in [0.15, 0.2) is 5.75 Å². The Kier molecular flexibility index (Phi) is 7.73. The van der Waals surface area contributed by atoms with E-state index in [1.807, 2.05) is 6.07 Å². The molecule has 9 nitrogen and oxygen atoms in total. The van der Waals surface area contributed by atoms with E-state index in [9.17, 15) is 14.4 Å². The number of nitrogens with zero attached hydrogens (tertiary/aromatic N) is 4. The molecule has 2 fully saturated rings. The number of carbonyl (C=O) groups is 3. The monoisotopic (exact) mass is 432 g/mol. The van der Waals surface area contributed by atoms with Crippen molar-refractivity contribution in [2.45, 2.75) is 25.7 Å². The van der Waals surface area contributed by atoms with Gasteiger partial charge in [0.1, 0.15) is 11.4 Å². The van der Waals surface area contributed by atoms with Crippen LogP contribution in [0.1, 0.15) is 25.7 Å². The predicted molar refractivity (Wildman–Crippen MR) is 117 cm³/mol. The van der Waals surface area contributed by atoms with Crippen molar-refractivity contribution in [3.05, 3.63) is 18.2 Å². The number of amides is 3. The highest BCUT2D eigenvalue weighted by molar-refractivity contribution is 5.97. The largest absolute Gasteiger partial charge is 0.494 e. The van der Waals surface area contributed by atoms with Crippen molar-refractivity contribution in [2.24, 2.45) is 0 Å². The second-order valence-corrected chi connectivity index (χ2v) is 8.04. The molecule has 0 aliphatic carbocycles. The molecule has 0 N–H and O–H groups in total. The number of piperazine rings is 1. The lowest BCUT2D eigenvalue weighted by atomic mass is 10.1. The Labute approximate surface area is 183 Å². The number of benzene rings is 1. The maximum Gasteiger partial charge on any atom is 0.414 e. The first-order valence-electron chi connectivity index (χ1n) is 10.8. The number of methoxy groups -OCH3 is 1. The molecule has 0 saturated carbocycles. The molecule has 3 rings (SSSR count). The molecule has 9 heteroatoms. The Balaban J connectivity index is 1.56. The fraction of sp³-hybridized carbons (Fsp3) is 0.591. The van der Waals surface area contributed by atoms with Crippen LogP contribution < -0.4 is 14.4 Å². The third-order valence-electron chi connectivity index (χ3n) is 5.67. The number of hydrogen-bond acceptors (Lipinski definition) is 7. The smallest absolute Gasteiger partial charge is 0.414 e. The number of piperidine rings is 1. The molecule has 0 spiro atoms. The minimum Gasteiger partial charge on any atom is -0.494 e. The average molecular weight is 433 g/mol. The molecule has 0 bridgehead atoms. The summed E-state index contributed by atoms with van der Waals surface area (Å²) in [5.41, 5.74) is 0.782. The summed E-state index contributed by atoms with van der Waals surface area (Å²) in [6.45, 7) is 4.51. The van der Waals surface area contributed by atoms with Gasteiger partial charge in [0, 0.05) is 59.7 Å². The summed E-state index contributed by atoms with van der Waals surface area (Å²) in [5.74, 6) is 1.06. The number of ether oxygens (including phenoxy) is 2. The van der Waals surface area contributed by atoms with Gasteiger partial charge in [-0.05, 0) is 31.5 Å². The number of imide groups is 1. The third kappa shape index (κ3) is 5.66. The van der Waals surface area contributed by atoms with Gasteiger partial charge in [-0.2, -0.15) is 0 Å². The van der Waals surface area contributed by atoms with E-state index in [-0.39, 0.29) is 11.8 Å². The molecular formula is C22H32N4O5. The quantitative estimate of drug-likeness (QED) is 0.608. The Morgan fingerprint density at radius 3 is 2.26 bits per heavy atom. The van der Waals surface area contributed by atoms with Crippen LogP contribution in [-0.4, -0.2) is 93.1 Å². The normalized spacial score (nSPS) is 17.6. The Hall–Kier alpha value is -2.81. The summed E-state index contributed by atoms with van der Waals surface area (Å²) in [4.78, 5) is 43.2. The van der Waals surface area contributed by atoms with E-state index < -0.39 is 6.09 Å². The van der Waals surface area contributed by atoms with Crippen LogP contribution in [0.4, 0.5) is 10.5 Å². The van der Waals surface area contributed by atoms with Crippen LogP contribution in [0.25, 0.3) is 0 Å². The summed E-state index contributed by atoms with van der Waals surface area (Å²) >= 11 is 0. The molecule has 1 aromatic rings. The first kappa shape index (κ1) is 22.9. The molecule has 1 aromatic carbocycles. The topological polar surface area (TPSA) is 82.6 Å². The van der Waals surface area contributed by atoms with Crippen molar-refractivity contribution in [1.29, 1.82) is 0 Å². The molecule has 2 aliphatic heterocycles. The summed E-state index contributed by atoms with van der Waals surface area (Å²) in [7, 11) is 4.90. The number of hydrogen-bond donors (Lipinski definition) is 0. The van der Waals surface area contributed by atoms with Gasteiger partial charge in [-0.1, -0.05) is 6.07 Å². The fourth-order valence-corrected chi connectivity index (χ4v) is 3.94. The van der Waals surface area contributed by atoms with Crippen LogP contribution in [0.2, 0.25) is 0 Å². The standard InChI is InChI=1S/C22H32N4O5/c1-23(2)22(29)31-18-8-4-7-17(30-3)21(18)25-15-13-24(14-16-25)11-6-12-26-19(27)9-5-10-20(26)28/h4,7-8H,5-6,9-16H2,1-3H3. The lowest BCUT2D eigenvalue weighted by Gasteiger charge is -2.37. The van der Waals surface area contributed by atoms with Crippen LogP contribution in [-0.2, 0) is 9.59 Å². The molecule has 31 heavy (non-hydrogen) atoms. The summed E-state index contributed by atoms with van der Waals surface area (Å²) in [5, 5.41) is 0. The Morgan fingerprint density at radius 1 is 1.00 bits per heavy atom. The zero-order chi connectivity index (χ0) is 22.4. The van der Waals surface area contributed by atoms with Gasteiger partial charge >= 0.3 is 6.09 Å². The van der Waals surface area contributed by atoms with Crippen molar-refractivity contribution in [3.63, 3.8) is 0 Å². The van der Waals surface area contributed by atoms with Crippen molar-refractivity contribution >= 4 is 23.6 Å². The molecule has 0 radical (unpaired) electrons. The molecule has 0 atom stereocenters. The van der Waals surface area contributed by atoms with Crippen molar-refractivity contribution in [3.8, 4) is 11.5 Å². The van der Waals surface area contributed by atoms with E-state index in [2.05, 4.69) is 9.80 Å². The minimum atomic E-state index is -0.435. The van der Waals surface area contributed by atoms with Crippen molar-refractivity contribution < 1.29 is 23.9 Å². The maximum atomic E-state index is 12.1. The van der Waals surface area contributed by atoms with Crippen LogP contribution >= 0.6 is 0 Å². The number of carbonyl (C=O) groups excluding carboxylic acids is 3. The lowest BCUT2D eigenvalue weighted by Crippen LogP contribution is -2.48. The van der Waals surface area contributed by atoms with Crippen LogP contribution in [0, 0.1) is 0 Å². The van der Waals surface area contributed by atoms with Gasteiger partial charge in [0.2, 0.25) is 11.8 Å². The highest BCUT2D eigenvalue weighted by Crippen LogP contribution is 2.38. The minimum absolute atomic E-state index is 0.0444. The van der Waals surface area contributed by atoms with E-state index >= 15 is 0 Å². The van der Waals surface area contributed by atoms with E-state index in [1.54, 1.807) is 33.3 Å². The van der Waals surface area contributed by atoms with E-state index in [0.717, 1.165) is 44.8 Å². The average Bonchev–Trinajstić information content (AvgIpc) is 2.76. The van der Waals surface area contributed by atoms with Crippen LogP contribution in [0.3, 0.4) is 0 Å². The number of rotatable bonds is 7. The van der Waals surface area contributed by atoms with E-state index in [4.69, 9.17) is 9.47 Å². The van der Waals surface area contributed by atoms with Crippen LogP contribution in [0.15, 0.2) is 18.2 Å². The highest BCUT2D eigenvalue weighted by Gasteiger charge is 2.27. The van der Waals surface area contributed by atoms with Crippen molar-refractivity contribution in [1.82, 2.24) is 14.7 Å². The number of anilines is 1. The molecule has 2 saturated heterocycles. The SMILES string of the molecule is COc1cccc(OC(=O)N(C)C)c1N1CCN(CCCN2C(=O)CCCC2=O)CC1. The maximum absolute atomic E-state index is 12.1. The number of likely N-dealkylation sites (tertiary alicyclic amines) is 1. The predicted octanol–water partition coefficient (Wildman–Crippen LogP) is 1.81. The summed E-state index contributed by atoms with van der Waals surface area (Å²) in [6.07, 6.45) is 1.96. The second-order valence-electron chi connectivity index (χ2n) is 8.04. The highest BCUT2D eigenvalue weighted by atomic mass is 16.6. The van der Waals surface area contributed by atoms with E-state index in [1.165, 1.54) is 9.80 Å². The van der Waals surface area contributed by atoms with Gasteiger partial charge in [0.25, 0.3) is 0 Å². The molecule has 0 unspecified atom stereocenters. The zero-order valence-electron chi connectivity index (χ0n) is 18.6. The van der Waals surface area contributed by atoms with Crippen LogP contribution in [0.5, 0.6) is 11.5 Å². The Bertz CT molecular complexity index is 789. The summed E-state index contributed by atoms with van der Waals surface area (Å²) in [6, 6.07) is 5.44. The second kappa shape index (κ2) is 10.5.